The average molecular weight is 288 g/mol. The van der Waals surface area contributed by atoms with Crippen molar-refractivity contribution in [3.05, 3.63) is 24.2 Å². The van der Waals surface area contributed by atoms with Gasteiger partial charge in [-0.25, -0.2) is 9.50 Å². The molecule has 7 heteroatoms. The van der Waals surface area contributed by atoms with Gasteiger partial charge in [0.15, 0.2) is 5.82 Å². The van der Waals surface area contributed by atoms with Crippen molar-refractivity contribution < 1.29 is 4.79 Å². The van der Waals surface area contributed by atoms with Crippen LogP contribution in [0.15, 0.2) is 18.5 Å². The summed E-state index contributed by atoms with van der Waals surface area (Å²) in [5, 5.41) is 7.08. The summed E-state index contributed by atoms with van der Waals surface area (Å²) in [4.78, 5) is 20.4. The molecule has 7 nitrogen and oxygen atoms in total. The van der Waals surface area contributed by atoms with Gasteiger partial charge in [0.25, 0.3) is 0 Å². The van der Waals surface area contributed by atoms with E-state index in [1.54, 1.807) is 13.2 Å². The molecule has 0 bridgehead atoms. The highest BCUT2D eigenvalue weighted by molar-refractivity contribution is 5.77. The van der Waals surface area contributed by atoms with Crippen LogP contribution in [0.25, 0.3) is 5.52 Å². The number of hydrogen-bond donors (Lipinski definition) is 1. The number of piperazine rings is 1. The SMILES string of the molecule is CNC(=O)CN1CCN(c2nccn3nc(C)cc23)CC1. The minimum Gasteiger partial charge on any atom is -0.358 e. The van der Waals surface area contributed by atoms with E-state index in [1.165, 1.54) is 0 Å². The lowest BCUT2D eigenvalue weighted by Crippen LogP contribution is -2.49. The monoisotopic (exact) mass is 288 g/mol. The predicted octanol–water partition coefficient (Wildman–Crippen LogP) is -0.0943. The maximum absolute atomic E-state index is 11.4. The summed E-state index contributed by atoms with van der Waals surface area (Å²) in [6.45, 7) is 5.92. The summed E-state index contributed by atoms with van der Waals surface area (Å²) < 4.78 is 1.87. The number of aryl methyl sites for hydroxylation is 1. The average Bonchev–Trinajstić information content (AvgIpc) is 2.88. The second-order valence-corrected chi connectivity index (χ2v) is 5.30. The summed E-state index contributed by atoms with van der Waals surface area (Å²) in [6, 6.07) is 2.05. The van der Waals surface area contributed by atoms with Crippen LogP contribution < -0.4 is 10.2 Å². The number of nitrogens with zero attached hydrogens (tertiary/aromatic N) is 5. The number of likely N-dealkylation sites (N-methyl/N-ethyl adjacent to an activating group) is 1. The van der Waals surface area contributed by atoms with Gasteiger partial charge >= 0.3 is 0 Å². The first kappa shape index (κ1) is 13.8. The number of rotatable bonds is 3. The standard InChI is InChI=1S/C14H20N6O/c1-11-9-12-14(16-3-4-20(12)17-11)19-7-5-18(6-8-19)10-13(21)15-2/h3-4,9H,5-8,10H2,1-2H3,(H,15,21). The number of aromatic nitrogens is 3. The lowest BCUT2D eigenvalue weighted by atomic mass is 10.3. The number of fused-ring (bicyclic) bond motifs is 1. The second-order valence-electron chi connectivity index (χ2n) is 5.30. The van der Waals surface area contributed by atoms with Crippen molar-refractivity contribution >= 4 is 17.2 Å². The first-order valence-electron chi connectivity index (χ1n) is 7.16. The third-order valence-electron chi connectivity index (χ3n) is 3.81. The zero-order chi connectivity index (χ0) is 14.8. The number of amides is 1. The molecule has 21 heavy (non-hydrogen) atoms. The van der Waals surface area contributed by atoms with Crippen LogP contribution >= 0.6 is 0 Å². The lowest BCUT2D eigenvalue weighted by Gasteiger charge is -2.35. The molecule has 0 radical (unpaired) electrons. The van der Waals surface area contributed by atoms with Crippen LogP contribution in [-0.2, 0) is 4.79 Å². The normalized spacial score (nSPS) is 16.4. The van der Waals surface area contributed by atoms with Crippen LogP contribution in [-0.4, -0.2) is 65.2 Å². The van der Waals surface area contributed by atoms with Gasteiger partial charge in [0, 0.05) is 45.6 Å². The van der Waals surface area contributed by atoms with Crippen molar-refractivity contribution in [2.75, 3.05) is 44.7 Å². The van der Waals surface area contributed by atoms with Gasteiger partial charge in [0.1, 0.15) is 5.52 Å². The van der Waals surface area contributed by atoms with Crippen molar-refractivity contribution in [1.82, 2.24) is 24.8 Å². The minimum atomic E-state index is 0.0649. The Hall–Kier alpha value is -2.15. The molecule has 0 aromatic carbocycles. The molecule has 0 atom stereocenters. The molecular weight excluding hydrogens is 268 g/mol. The van der Waals surface area contributed by atoms with Crippen LogP contribution in [0.2, 0.25) is 0 Å². The van der Waals surface area contributed by atoms with Gasteiger partial charge in [-0.1, -0.05) is 0 Å². The molecule has 1 aliphatic rings. The Kier molecular flexibility index (Phi) is 3.74. The van der Waals surface area contributed by atoms with Crippen molar-refractivity contribution in [2.45, 2.75) is 6.92 Å². The van der Waals surface area contributed by atoms with E-state index in [4.69, 9.17) is 0 Å². The third-order valence-corrected chi connectivity index (χ3v) is 3.81. The Bertz CT molecular complexity index is 644. The summed E-state index contributed by atoms with van der Waals surface area (Å²) in [5.41, 5.74) is 2.03. The molecule has 3 heterocycles. The Morgan fingerprint density at radius 2 is 2.10 bits per heavy atom. The molecule has 3 rings (SSSR count). The molecule has 1 fully saturated rings. The van der Waals surface area contributed by atoms with Crippen LogP contribution in [0, 0.1) is 6.92 Å². The molecule has 0 saturated carbocycles. The van der Waals surface area contributed by atoms with E-state index >= 15 is 0 Å². The number of anilines is 1. The molecule has 1 amide bonds. The molecule has 1 saturated heterocycles. The topological polar surface area (TPSA) is 65.8 Å². The van der Waals surface area contributed by atoms with E-state index in [2.05, 4.69) is 31.3 Å². The van der Waals surface area contributed by atoms with E-state index in [1.807, 2.05) is 17.6 Å². The first-order chi connectivity index (χ1) is 10.2. The van der Waals surface area contributed by atoms with Gasteiger partial charge in [-0.2, -0.15) is 5.10 Å². The summed E-state index contributed by atoms with van der Waals surface area (Å²) >= 11 is 0. The van der Waals surface area contributed by atoms with Crippen LogP contribution in [0.4, 0.5) is 5.82 Å². The molecule has 2 aromatic heterocycles. The molecule has 0 aliphatic carbocycles. The van der Waals surface area contributed by atoms with Crippen molar-refractivity contribution in [1.29, 1.82) is 0 Å². The Morgan fingerprint density at radius 1 is 1.33 bits per heavy atom. The van der Waals surface area contributed by atoms with Gasteiger partial charge in [0.2, 0.25) is 5.91 Å². The Labute approximate surface area is 123 Å². The quantitative estimate of drug-likeness (QED) is 0.855. The fraction of sp³-hybridized carbons (Fsp3) is 0.500. The molecule has 1 aliphatic heterocycles. The third kappa shape index (κ3) is 2.82. The van der Waals surface area contributed by atoms with Crippen molar-refractivity contribution in [3.63, 3.8) is 0 Å². The van der Waals surface area contributed by atoms with E-state index in [-0.39, 0.29) is 5.91 Å². The number of hydrogen-bond acceptors (Lipinski definition) is 5. The second kappa shape index (κ2) is 5.69. The molecule has 112 valence electrons. The van der Waals surface area contributed by atoms with Crippen LogP contribution in [0.5, 0.6) is 0 Å². The van der Waals surface area contributed by atoms with Crippen LogP contribution in [0.1, 0.15) is 5.69 Å². The van der Waals surface area contributed by atoms with Gasteiger partial charge in [-0.05, 0) is 13.0 Å². The number of carbonyl (C=O) groups excluding carboxylic acids is 1. The molecule has 1 N–H and O–H groups in total. The molecule has 2 aromatic rings. The number of carbonyl (C=O) groups is 1. The summed E-state index contributed by atoms with van der Waals surface area (Å²) in [7, 11) is 1.67. The largest absolute Gasteiger partial charge is 0.358 e. The lowest BCUT2D eigenvalue weighted by molar-refractivity contribution is -0.121. The van der Waals surface area contributed by atoms with Gasteiger partial charge in [-0.15, -0.1) is 0 Å². The number of nitrogens with one attached hydrogen (secondary N) is 1. The highest BCUT2D eigenvalue weighted by Crippen LogP contribution is 2.20. The van der Waals surface area contributed by atoms with Gasteiger partial charge < -0.3 is 10.2 Å². The fourth-order valence-corrected chi connectivity index (χ4v) is 2.67. The van der Waals surface area contributed by atoms with Crippen molar-refractivity contribution in [2.24, 2.45) is 0 Å². The maximum Gasteiger partial charge on any atom is 0.233 e. The molecule has 0 spiro atoms. The van der Waals surface area contributed by atoms with Gasteiger partial charge in [-0.3, -0.25) is 9.69 Å². The summed E-state index contributed by atoms with van der Waals surface area (Å²) in [5.74, 6) is 1.03. The Morgan fingerprint density at radius 3 is 2.81 bits per heavy atom. The van der Waals surface area contributed by atoms with E-state index in [9.17, 15) is 4.79 Å². The highest BCUT2D eigenvalue weighted by Gasteiger charge is 2.21. The Balaban J connectivity index is 1.72. The van der Waals surface area contributed by atoms with Crippen LogP contribution in [0.3, 0.4) is 0 Å². The van der Waals surface area contributed by atoms with E-state index in [0.29, 0.717) is 6.54 Å². The minimum absolute atomic E-state index is 0.0649. The fourth-order valence-electron chi connectivity index (χ4n) is 2.67. The first-order valence-corrected chi connectivity index (χ1v) is 7.16. The zero-order valence-corrected chi connectivity index (χ0v) is 12.4. The van der Waals surface area contributed by atoms with E-state index in [0.717, 1.165) is 43.2 Å². The summed E-state index contributed by atoms with van der Waals surface area (Å²) in [6.07, 6.45) is 3.65. The molecular formula is C14H20N6O. The van der Waals surface area contributed by atoms with Gasteiger partial charge in [0.05, 0.1) is 12.2 Å². The predicted molar refractivity (Wildman–Crippen MR) is 80.4 cm³/mol. The van der Waals surface area contributed by atoms with E-state index < -0.39 is 0 Å². The molecule has 0 unspecified atom stereocenters. The van der Waals surface area contributed by atoms with Crippen molar-refractivity contribution in [3.8, 4) is 0 Å². The maximum atomic E-state index is 11.4. The smallest absolute Gasteiger partial charge is 0.233 e. The highest BCUT2D eigenvalue weighted by atomic mass is 16.1. The zero-order valence-electron chi connectivity index (χ0n) is 12.4.